The van der Waals surface area contributed by atoms with Gasteiger partial charge in [0.15, 0.2) is 0 Å². The molecule has 0 atom stereocenters. The number of nitrogens with one attached hydrogen (secondary N) is 2. The molecule has 0 fully saturated rings. The summed E-state index contributed by atoms with van der Waals surface area (Å²) in [5.41, 5.74) is 0. The van der Waals surface area contributed by atoms with Gasteiger partial charge in [-0.3, -0.25) is 9.59 Å². The summed E-state index contributed by atoms with van der Waals surface area (Å²) in [6.45, 7) is 3.63. The number of hydrogen-bond acceptors (Lipinski definition) is 3. The van der Waals surface area contributed by atoms with E-state index >= 15 is 0 Å². The third kappa shape index (κ3) is 8.70. The van der Waals surface area contributed by atoms with Crippen molar-refractivity contribution in [3.63, 3.8) is 0 Å². The first-order valence-corrected chi connectivity index (χ1v) is 4.59. The summed E-state index contributed by atoms with van der Waals surface area (Å²) in [7, 11) is 0. The lowest BCUT2D eigenvalue weighted by atomic mass is 10.5. The second-order valence-electron chi connectivity index (χ2n) is 2.57. The van der Waals surface area contributed by atoms with Gasteiger partial charge in [0.2, 0.25) is 11.8 Å². The third-order valence-corrected chi connectivity index (χ3v) is 1.33. The average molecular weight is 212 g/mol. The van der Waals surface area contributed by atoms with Crippen molar-refractivity contribution in [3.8, 4) is 0 Å². The van der Waals surface area contributed by atoms with Gasteiger partial charge in [-0.2, -0.15) is 0 Å². The minimum atomic E-state index is -0.225. The van der Waals surface area contributed by atoms with E-state index in [1.807, 2.05) is 0 Å². The lowest BCUT2D eigenvalue weighted by molar-refractivity contribution is -0.119. The largest absolute Gasteiger partial charge is 0.341 e. The van der Waals surface area contributed by atoms with Crippen LogP contribution in [0.25, 0.3) is 0 Å². The fourth-order valence-corrected chi connectivity index (χ4v) is 0.716. The molecule has 0 aromatic heterocycles. The molecule has 2 amide bonds. The van der Waals surface area contributed by atoms with E-state index in [1.54, 1.807) is 26.0 Å². The Labute approximate surface area is 89.2 Å². The van der Waals surface area contributed by atoms with Crippen LogP contribution in [0.2, 0.25) is 0 Å². The number of ether oxygens (including phenoxy) is 1. The summed E-state index contributed by atoms with van der Waals surface area (Å²) >= 11 is 0. The van der Waals surface area contributed by atoms with Gasteiger partial charge >= 0.3 is 0 Å². The van der Waals surface area contributed by atoms with Crippen LogP contribution >= 0.6 is 0 Å². The summed E-state index contributed by atoms with van der Waals surface area (Å²) in [6.07, 6.45) is 6.04. The van der Waals surface area contributed by atoms with Gasteiger partial charge in [-0.15, -0.1) is 0 Å². The first-order valence-electron chi connectivity index (χ1n) is 4.59. The Morgan fingerprint density at radius 2 is 1.40 bits per heavy atom. The van der Waals surface area contributed by atoms with Crippen molar-refractivity contribution in [3.05, 3.63) is 24.3 Å². The molecule has 0 aliphatic rings. The molecule has 0 heterocycles. The van der Waals surface area contributed by atoms with E-state index in [-0.39, 0.29) is 25.3 Å². The molecule has 5 nitrogen and oxygen atoms in total. The van der Waals surface area contributed by atoms with Crippen molar-refractivity contribution in [1.82, 2.24) is 10.6 Å². The Morgan fingerprint density at radius 3 is 1.73 bits per heavy atom. The van der Waals surface area contributed by atoms with Gasteiger partial charge < -0.3 is 15.4 Å². The van der Waals surface area contributed by atoms with Crippen LogP contribution in [0.4, 0.5) is 0 Å². The maximum Gasteiger partial charge on any atom is 0.245 e. The molecule has 0 unspecified atom stereocenters. The summed E-state index contributed by atoms with van der Waals surface area (Å²) in [5.74, 6) is -0.449. The van der Waals surface area contributed by atoms with Crippen LogP contribution in [0.3, 0.4) is 0 Å². The predicted molar refractivity (Wildman–Crippen MR) is 56.7 cm³/mol. The van der Waals surface area contributed by atoms with Crippen molar-refractivity contribution < 1.29 is 14.3 Å². The minimum Gasteiger partial charge on any atom is -0.341 e. The standard InChI is InChI=1S/C10H16N2O3/c1-3-5-9(13)11-7-15-8-12-10(14)6-4-2/h3-6H,7-8H2,1-2H3,(H,11,13)(H,12,14)/b5-3+,6-4+. The van der Waals surface area contributed by atoms with Crippen molar-refractivity contribution in [2.45, 2.75) is 13.8 Å². The Balaban J connectivity index is 3.40. The van der Waals surface area contributed by atoms with Crippen LogP contribution in [0.5, 0.6) is 0 Å². The minimum absolute atomic E-state index is 0.0687. The van der Waals surface area contributed by atoms with Crippen LogP contribution in [-0.4, -0.2) is 25.3 Å². The highest BCUT2D eigenvalue weighted by atomic mass is 16.5. The molecular formula is C10H16N2O3. The van der Waals surface area contributed by atoms with E-state index in [0.717, 1.165) is 0 Å². The predicted octanol–water partition coefficient (Wildman–Crippen LogP) is 0.303. The fourth-order valence-electron chi connectivity index (χ4n) is 0.716. The van der Waals surface area contributed by atoms with Crippen LogP contribution < -0.4 is 10.6 Å². The van der Waals surface area contributed by atoms with Crippen LogP contribution in [-0.2, 0) is 14.3 Å². The van der Waals surface area contributed by atoms with E-state index in [0.29, 0.717) is 0 Å². The zero-order valence-electron chi connectivity index (χ0n) is 8.95. The van der Waals surface area contributed by atoms with E-state index in [2.05, 4.69) is 10.6 Å². The van der Waals surface area contributed by atoms with Gasteiger partial charge in [0, 0.05) is 0 Å². The van der Waals surface area contributed by atoms with E-state index < -0.39 is 0 Å². The Bertz CT molecular complexity index is 233. The summed E-state index contributed by atoms with van der Waals surface area (Å²) in [5, 5.41) is 4.94. The molecule has 0 aromatic rings. The number of carbonyl (C=O) groups excluding carboxylic acids is 2. The van der Waals surface area contributed by atoms with E-state index in [9.17, 15) is 9.59 Å². The molecule has 0 saturated heterocycles. The lowest BCUT2D eigenvalue weighted by Crippen LogP contribution is -2.30. The van der Waals surface area contributed by atoms with Gasteiger partial charge in [0.05, 0.1) is 0 Å². The molecule has 0 rings (SSSR count). The highest BCUT2D eigenvalue weighted by Gasteiger charge is 1.94. The zero-order chi connectivity index (χ0) is 11.5. The number of rotatable bonds is 6. The third-order valence-electron chi connectivity index (χ3n) is 1.33. The smallest absolute Gasteiger partial charge is 0.245 e. The number of carbonyl (C=O) groups is 2. The maximum absolute atomic E-state index is 10.9. The first kappa shape index (κ1) is 13.4. The number of allylic oxidation sites excluding steroid dienone is 2. The van der Waals surface area contributed by atoms with Gasteiger partial charge in [0.1, 0.15) is 13.5 Å². The monoisotopic (exact) mass is 212 g/mol. The van der Waals surface area contributed by atoms with Gasteiger partial charge in [0.25, 0.3) is 0 Å². The molecule has 0 aliphatic carbocycles. The van der Waals surface area contributed by atoms with Crippen LogP contribution in [0, 0.1) is 0 Å². The fraction of sp³-hybridized carbons (Fsp3) is 0.400. The Hall–Kier alpha value is -1.62. The van der Waals surface area contributed by atoms with E-state index in [4.69, 9.17) is 4.74 Å². The molecule has 0 aliphatic heterocycles. The first-order chi connectivity index (χ1) is 7.20. The quantitative estimate of drug-likeness (QED) is 0.378. The van der Waals surface area contributed by atoms with Gasteiger partial charge in [-0.25, -0.2) is 0 Å². The molecule has 5 heteroatoms. The van der Waals surface area contributed by atoms with Gasteiger partial charge in [-0.1, -0.05) is 12.2 Å². The second kappa shape index (κ2) is 8.96. The maximum atomic E-state index is 10.9. The average Bonchev–Trinajstić information content (AvgIpc) is 2.18. The number of amides is 2. The van der Waals surface area contributed by atoms with Crippen molar-refractivity contribution in [2.75, 3.05) is 13.5 Å². The summed E-state index contributed by atoms with van der Waals surface area (Å²) in [6, 6.07) is 0. The molecule has 2 N–H and O–H groups in total. The van der Waals surface area contributed by atoms with Gasteiger partial charge in [-0.05, 0) is 26.0 Å². The van der Waals surface area contributed by atoms with Crippen LogP contribution in [0.1, 0.15) is 13.8 Å². The van der Waals surface area contributed by atoms with Crippen molar-refractivity contribution in [2.24, 2.45) is 0 Å². The topological polar surface area (TPSA) is 67.4 Å². The van der Waals surface area contributed by atoms with Crippen LogP contribution in [0.15, 0.2) is 24.3 Å². The Kier molecular flexibility index (Phi) is 7.99. The molecule has 0 aromatic carbocycles. The normalized spacial score (nSPS) is 10.8. The molecule has 84 valence electrons. The molecule has 0 saturated carbocycles. The van der Waals surface area contributed by atoms with Crippen molar-refractivity contribution >= 4 is 11.8 Å². The lowest BCUT2D eigenvalue weighted by Gasteiger charge is -2.04. The highest BCUT2D eigenvalue weighted by molar-refractivity contribution is 5.87. The molecule has 0 radical (unpaired) electrons. The Morgan fingerprint density at radius 1 is 1.00 bits per heavy atom. The van der Waals surface area contributed by atoms with Crippen molar-refractivity contribution in [1.29, 1.82) is 0 Å². The van der Waals surface area contributed by atoms with E-state index in [1.165, 1.54) is 12.2 Å². The highest BCUT2D eigenvalue weighted by Crippen LogP contribution is 1.75. The zero-order valence-corrected chi connectivity index (χ0v) is 8.95. The molecule has 0 bridgehead atoms. The molecule has 15 heavy (non-hydrogen) atoms. The summed E-state index contributed by atoms with van der Waals surface area (Å²) < 4.78 is 4.94. The second-order valence-corrected chi connectivity index (χ2v) is 2.57. The molecule has 0 spiro atoms. The summed E-state index contributed by atoms with van der Waals surface area (Å²) in [4.78, 5) is 21.7. The SMILES string of the molecule is C/C=C/C(=O)NCOCNC(=O)/C=C/C. The number of hydrogen-bond donors (Lipinski definition) is 2. The molecular weight excluding hydrogens is 196 g/mol.